The first-order valence-electron chi connectivity index (χ1n) is 4.55. The Hall–Kier alpha value is -0.610. The molecule has 0 saturated carbocycles. The summed E-state index contributed by atoms with van der Waals surface area (Å²) in [6.45, 7) is 2.74. The normalized spacial score (nSPS) is 15.3. The van der Waals surface area contributed by atoms with Gasteiger partial charge in [-0.3, -0.25) is 4.79 Å². The summed E-state index contributed by atoms with van der Waals surface area (Å²) in [6, 6.07) is -0.724. The van der Waals surface area contributed by atoms with E-state index in [1.54, 1.807) is 7.11 Å². The molecule has 4 heteroatoms. The zero-order chi connectivity index (χ0) is 10.3. The third-order valence-electron chi connectivity index (χ3n) is 2.02. The topological polar surface area (TPSA) is 72.5 Å². The molecule has 0 aromatic rings. The Labute approximate surface area is 79.1 Å². The molecule has 0 aliphatic carbocycles. The molecule has 0 heterocycles. The third kappa shape index (κ3) is 6.54. The largest absolute Gasteiger partial charge is 0.480 e. The summed E-state index contributed by atoms with van der Waals surface area (Å²) in [5, 5.41) is 8.55. The van der Waals surface area contributed by atoms with Crippen molar-refractivity contribution in [2.75, 3.05) is 13.7 Å². The molecule has 0 rings (SSSR count). The minimum absolute atomic E-state index is 0.348. The van der Waals surface area contributed by atoms with E-state index in [0.29, 0.717) is 12.3 Å². The van der Waals surface area contributed by atoms with Crippen LogP contribution in [0.4, 0.5) is 0 Å². The van der Waals surface area contributed by atoms with E-state index in [2.05, 4.69) is 0 Å². The molecule has 3 N–H and O–H groups in total. The van der Waals surface area contributed by atoms with E-state index in [-0.39, 0.29) is 0 Å². The fourth-order valence-corrected chi connectivity index (χ4v) is 1.23. The number of hydrogen-bond acceptors (Lipinski definition) is 3. The first-order chi connectivity index (χ1) is 6.07. The lowest BCUT2D eigenvalue weighted by atomic mass is 9.97. The Morgan fingerprint density at radius 1 is 1.62 bits per heavy atom. The SMILES string of the molecule is COCCCC(C)CC(N)C(=O)O. The summed E-state index contributed by atoms with van der Waals surface area (Å²) in [5.74, 6) is -0.570. The van der Waals surface area contributed by atoms with E-state index in [9.17, 15) is 4.79 Å². The van der Waals surface area contributed by atoms with Crippen LogP contribution in [0.25, 0.3) is 0 Å². The van der Waals surface area contributed by atoms with Crippen LogP contribution in [-0.2, 0) is 9.53 Å². The Balaban J connectivity index is 3.49. The van der Waals surface area contributed by atoms with Crippen molar-refractivity contribution in [3.05, 3.63) is 0 Å². The van der Waals surface area contributed by atoms with E-state index in [1.165, 1.54) is 0 Å². The molecule has 0 spiro atoms. The molecule has 0 saturated heterocycles. The number of rotatable bonds is 7. The van der Waals surface area contributed by atoms with E-state index in [0.717, 1.165) is 19.4 Å². The number of carboxylic acid groups (broad SMARTS) is 1. The van der Waals surface area contributed by atoms with Gasteiger partial charge in [-0.25, -0.2) is 0 Å². The monoisotopic (exact) mass is 189 g/mol. The highest BCUT2D eigenvalue weighted by Gasteiger charge is 2.14. The molecular weight excluding hydrogens is 170 g/mol. The van der Waals surface area contributed by atoms with Crippen LogP contribution in [0, 0.1) is 5.92 Å². The molecule has 0 amide bonds. The second-order valence-electron chi connectivity index (χ2n) is 3.42. The molecule has 13 heavy (non-hydrogen) atoms. The molecule has 0 bridgehead atoms. The van der Waals surface area contributed by atoms with E-state index in [4.69, 9.17) is 15.6 Å². The lowest BCUT2D eigenvalue weighted by molar-refractivity contribution is -0.138. The van der Waals surface area contributed by atoms with Gasteiger partial charge in [0.05, 0.1) is 0 Å². The standard InChI is InChI=1S/C9H19NO3/c1-7(4-3-5-13-2)6-8(10)9(11)12/h7-8H,3-6,10H2,1-2H3,(H,11,12). The zero-order valence-corrected chi connectivity index (χ0v) is 8.32. The molecule has 0 radical (unpaired) electrons. The van der Waals surface area contributed by atoms with Gasteiger partial charge in [-0.05, 0) is 25.2 Å². The molecule has 4 nitrogen and oxygen atoms in total. The van der Waals surface area contributed by atoms with Gasteiger partial charge in [0.2, 0.25) is 0 Å². The van der Waals surface area contributed by atoms with Crippen molar-refractivity contribution >= 4 is 5.97 Å². The molecule has 78 valence electrons. The van der Waals surface area contributed by atoms with Gasteiger partial charge in [-0.1, -0.05) is 6.92 Å². The highest BCUT2D eigenvalue weighted by molar-refractivity contribution is 5.72. The molecule has 0 aliphatic rings. The molecule has 2 atom stereocenters. The Kier molecular flexibility index (Phi) is 6.54. The second-order valence-corrected chi connectivity index (χ2v) is 3.42. The quantitative estimate of drug-likeness (QED) is 0.582. The number of carboxylic acids is 1. The number of nitrogens with two attached hydrogens (primary N) is 1. The van der Waals surface area contributed by atoms with Crippen LogP contribution < -0.4 is 5.73 Å². The average Bonchev–Trinajstić information content (AvgIpc) is 2.04. The van der Waals surface area contributed by atoms with E-state index < -0.39 is 12.0 Å². The average molecular weight is 189 g/mol. The lowest BCUT2D eigenvalue weighted by Crippen LogP contribution is -2.31. The number of carbonyl (C=O) groups is 1. The van der Waals surface area contributed by atoms with Crippen molar-refractivity contribution in [1.82, 2.24) is 0 Å². The lowest BCUT2D eigenvalue weighted by Gasteiger charge is -2.13. The van der Waals surface area contributed by atoms with Crippen LogP contribution in [0.15, 0.2) is 0 Å². The van der Waals surface area contributed by atoms with Crippen LogP contribution in [-0.4, -0.2) is 30.8 Å². The fourth-order valence-electron chi connectivity index (χ4n) is 1.23. The Morgan fingerprint density at radius 3 is 2.69 bits per heavy atom. The van der Waals surface area contributed by atoms with Gasteiger partial charge < -0.3 is 15.6 Å². The van der Waals surface area contributed by atoms with Gasteiger partial charge >= 0.3 is 5.97 Å². The van der Waals surface area contributed by atoms with Crippen LogP contribution in [0.1, 0.15) is 26.2 Å². The number of ether oxygens (including phenoxy) is 1. The van der Waals surface area contributed by atoms with Gasteiger partial charge in [-0.15, -0.1) is 0 Å². The van der Waals surface area contributed by atoms with Crippen LogP contribution in [0.5, 0.6) is 0 Å². The van der Waals surface area contributed by atoms with Crippen molar-refractivity contribution in [1.29, 1.82) is 0 Å². The third-order valence-corrected chi connectivity index (χ3v) is 2.02. The van der Waals surface area contributed by atoms with Crippen LogP contribution in [0.3, 0.4) is 0 Å². The molecule has 0 aromatic carbocycles. The minimum Gasteiger partial charge on any atom is -0.480 e. The highest BCUT2D eigenvalue weighted by atomic mass is 16.5. The van der Waals surface area contributed by atoms with Gasteiger partial charge in [0.1, 0.15) is 6.04 Å². The first kappa shape index (κ1) is 12.4. The highest BCUT2D eigenvalue weighted by Crippen LogP contribution is 2.11. The smallest absolute Gasteiger partial charge is 0.320 e. The fraction of sp³-hybridized carbons (Fsp3) is 0.889. The van der Waals surface area contributed by atoms with Crippen molar-refractivity contribution in [2.45, 2.75) is 32.2 Å². The van der Waals surface area contributed by atoms with Gasteiger partial charge in [0.15, 0.2) is 0 Å². The van der Waals surface area contributed by atoms with E-state index >= 15 is 0 Å². The van der Waals surface area contributed by atoms with Gasteiger partial charge in [0.25, 0.3) is 0 Å². The molecular formula is C9H19NO3. The maximum Gasteiger partial charge on any atom is 0.320 e. The van der Waals surface area contributed by atoms with Crippen LogP contribution in [0.2, 0.25) is 0 Å². The molecule has 2 unspecified atom stereocenters. The van der Waals surface area contributed by atoms with E-state index in [1.807, 2.05) is 6.92 Å². The number of hydrogen-bond donors (Lipinski definition) is 2. The summed E-state index contributed by atoms with van der Waals surface area (Å²) in [5.41, 5.74) is 5.39. The van der Waals surface area contributed by atoms with Crippen molar-refractivity contribution in [3.8, 4) is 0 Å². The molecule has 0 aromatic heterocycles. The van der Waals surface area contributed by atoms with Crippen molar-refractivity contribution in [2.24, 2.45) is 11.7 Å². The summed E-state index contributed by atoms with van der Waals surface area (Å²) >= 11 is 0. The predicted molar refractivity (Wildman–Crippen MR) is 50.5 cm³/mol. The van der Waals surface area contributed by atoms with Crippen molar-refractivity contribution in [3.63, 3.8) is 0 Å². The predicted octanol–water partition coefficient (Wildman–Crippen LogP) is 0.851. The first-order valence-corrected chi connectivity index (χ1v) is 4.55. The maximum atomic E-state index is 10.4. The summed E-state index contributed by atoms with van der Waals surface area (Å²) in [4.78, 5) is 10.4. The van der Waals surface area contributed by atoms with Gasteiger partial charge in [0, 0.05) is 13.7 Å². The summed E-state index contributed by atoms with van der Waals surface area (Å²) < 4.78 is 4.90. The summed E-state index contributed by atoms with van der Waals surface area (Å²) in [7, 11) is 1.66. The molecule has 0 aliphatic heterocycles. The minimum atomic E-state index is -0.918. The summed E-state index contributed by atoms with van der Waals surface area (Å²) in [6.07, 6.45) is 2.47. The Bertz CT molecular complexity index is 150. The maximum absolute atomic E-state index is 10.4. The van der Waals surface area contributed by atoms with Crippen LogP contribution >= 0.6 is 0 Å². The van der Waals surface area contributed by atoms with Gasteiger partial charge in [-0.2, -0.15) is 0 Å². The van der Waals surface area contributed by atoms with Crippen molar-refractivity contribution < 1.29 is 14.6 Å². The number of methoxy groups -OCH3 is 1. The Morgan fingerprint density at radius 2 is 2.23 bits per heavy atom. The number of aliphatic carboxylic acids is 1. The zero-order valence-electron chi connectivity index (χ0n) is 8.32. The molecule has 0 fully saturated rings. The second kappa shape index (κ2) is 6.86.